The predicted molar refractivity (Wildman–Crippen MR) is 152 cm³/mol. The molecule has 0 bridgehead atoms. The summed E-state index contributed by atoms with van der Waals surface area (Å²) < 4.78 is 16.7. The molecule has 0 aliphatic heterocycles. The van der Waals surface area contributed by atoms with Crippen molar-refractivity contribution in [3.05, 3.63) is 53.7 Å². The molecule has 2 aromatic carbocycles. The summed E-state index contributed by atoms with van der Waals surface area (Å²) in [5, 5.41) is 4.28. The Morgan fingerprint density at radius 1 is 1.03 bits per heavy atom. The van der Waals surface area contributed by atoms with E-state index in [1.165, 1.54) is 6.42 Å². The second-order valence-corrected chi connectivity index (χ2v) is 10.2. The molecule has 1 aliphatic rings. The maximum absolute atomic E-state index is 14.1. The average Bonchev–Trinajstić information content (AvgIpc) is 3.37. The summed E-state index contributed by atoms with van der Waals surface area (Å²) in [7, 11) is 4.65. The number of carbonyl (C=O) groups excluding carboxylic acids is 2. The Bertz CT molecular complexity index is 1240. The molecule has 1 aromatic heterocycles. The minimum Gasteiger partial charge on any atom is -0.493 e. The van der Waals surface area contributed by atoms with Crippen molar-refractivity contribution in [1.29, 1.82) is 0 Å². The maximum atomic E-state index is 14.1. The summed E-state index contributed by atoms with van der Waals surface area (Å²) in [5.41, 5.74) is 2.52. The van der Waals surface area contributed by atoms with Gasteiger partial charge in [-0.1, -0.05) is 50.8 Å². The summed E-state index contributed by atoms with van der Waals surface area (Å²) in [6, 6.07) is 10.8. The van der Waals surface area contributed by atoms with Crippen molar-refractivity contribution in [1.82, 2.24) is 15.2 Å². The van der Waals surface area contributed by atoms with Crippen LogP contribution in [0.2, 0.25) is 0 Å². The van der Waals surface area contributed by atoms with E-state index in [2.05, 4.69) is 17.2 Å². The molecule has 1 atom stereocenters. The predicted octanol–water partition coefficient (Wildman–Crippen LogP) is 5.56. The number of aromatic amines is 1. The van der Waals surface area contributed by atoms with Crippen LogP contribution in [0.1, 0.15) is 69.0 Å². The van der Waals surface area contributed by atoms with E-state index in [4.69, 9.17) is 14.2 Å². The van der Waals surface area contributed by atoms with Gasteiger partial charge in [-0.25, -0.2) is 0 Å². The lowest BCUT2D eigenvalue weighted by molar-refractivity contribution is -0.141. The molecule has 1 aliphatic carbocycles. The first-order valence-corrected chi connectivity index (χ1v) is 13.9. The standard InChI is InChI=1S/C31H41N3O5/c1-5-6-16-34(28(35)19-22-20-32-25-15-11-10-14-24(22)25)29(31(36)33-23-12-8-7-9-13-23)21-17-26(37-2)30(39-4)27(18-21)38-3/h10-11,14-15,17-18,20,23,29,32H,5-9,12-13,16,19H2,1-4H3,(H,33,36). The molecular weight excluding hydrogens is 494 g/mol. The third kappa shape index (κ3) is 6.49. The molecule has 210 valence electrons. The Kier molecular flexibility index (Phi) is 9.74. The van der Waals surface area contributed by atoms with Gasteiger partial charge in [-0.05, 0) is 48.6 Å². The average molecular weight is 536 g/mol. The van der Waals surface area contributed by atoms with Gasteiger partial charge in [0.1, 0.15) is 6.04 Å². The van der Waals surface area contributed by atoms with Gasteiger partial charge in [0.05, 0.1) is 27.8 Å². The maximum Gasteiger partial charge on any atom is 0.247 e. The van der Waals surface area contributed by atoms with E-state index in [-0.39, 0.29) is 24.3 Å². The molecule has 1 saturated carbocycles. The normalized spacial score (nSPS) is 14.6. The molecule has 1 unspecified atom stereocenters. The minimum absolute atomic E-state index is 0.104. The summed E-state index contributed by atoms with van der Waals surface area (Å²) in [4.78, 5) is 33.1. The summed E-state index contributed by atoms with van der Waals surface area (Å²) in [6.07, 6.45) is 9.02. The number of ether oxygens (including phenoxy) is 3. The Morgan fingerprint density at radius 3 is 2.36 bits per heavy atom. The van der Waals surface area contributed by atoms with Crippen LogP contribution in [0.25, 0.3) is 10.9 Å². The van der Waals surface area contributed by atoms with Crippen molar-refractivity contribution in [2.45, 2.75) is 70.4 Å². The van der Waals surface area contributed by atoms with Crippen LogP contribution in [0, 0.1) is 0 Å². The Morgan fingerprint density at radius 2 is 1.72 bits per heavy atom. The quantitative estimate of drug-likeness (QED) is 0.317. The molecule has 0 saturated heterocycles. The van der Waals surface area contributed by atoms with Gasteiger partial charge in [0, 0.05) is 29.7 Å². The molecular formula is C31H41N3O5. The number of unbranched alkanes of at least 4 members (excludes halogenated alkanes) is 1. The molecule has 3 aromatic rings. The third-order valence-corrected chi connectivity index (χ3v) is 7.60. The summed E-state index contributed by atoms with van der Waals surface area (Å²) in [6.45, 7) is 2.54. The number of rotatable bonds is 12. The monoisotopic (exact) mass is 535 g/mol. The molecule has 4 rings (SSSR count). The molecule has 8 nitrogen and oxygen atoms in total. The molecule has 8 heteroatoms. The first-order chi connectivity index (χ1) is 19.0. The number of fused-ring (bicyclic) bond motifs is 1. The molecule has 2 amide bonds. The number of carbonyl (C=O) groups is 2. The number of hydrogen-bond donors (Lipinski definition) is 2. The second-order valence-electron chi connectivity index (χ2n) is 10.2. The van der Waals surface area contributed by atoms with Crippen LogP contribution in [-0.4, -0.2) is 55.6 Å². The first kappa shape index (κ1) is 28.3. The summed E-state index contributed by atoms with van der Waals surface area (Å²) in [5.74, 6) is 1.05. The SMILES string of the molecule is CCCCN(C(=O)Cc1c[nH]c2ccccc12)C(C(=O)NC1CCCCC1)c1cc(OC)c(OC)c(OC)c1. The van der Waals surface area contributed by atoms with E-state index < -0.39 is 6.04 Å². The molecule has 1 fully saturated rings. The van der Waals surface area contributed by atoms with E-state index in [9.17, 15) is 9.59 Å². The number of nitrogens with zero attached hydrogens (tertiary/aromatic N) is 1. The van der Waals surface area contributed by atoms with Crippen molar-refractivity contribution in [3.8, 4) is 17.2 Å². The molecule has 2 N–H and O–H groups in total. The number of nitrogens with one attached hydrogen (secondary N) is 2. The molecule has 1 heterocycles. The van der Waals surface area contributed by atoms with Crippen molar-refractivity contribution < 1.29 is 23.8 Å². The van der Waals surface area contributed by atoms with Gasteiger partial charge in [-0.3, -0.25) is 9.59 Å². The highest BCUT2D eigenvalue weighted by molar-refractivity contribution is 5.92. The van der Waals surface area contributed by atoms with Crippen LogP contribution in [-0.2, 0) is 16.0 Å². The highest BCUT2D eigenvalue weighted by Crippen LogP contribution is 2.41. The summed E-state index contributed by atoms with van der Waals surface area (Å²) >= 11 is 0. The zero-order valence-corrected chi connectivity index (χ0v) is 23.5. The fraction of sp³-hybridized carbons (Fsp3) is 0.484. The van der Waals surface area contributed by atoms with Crippen LogP contribution < -0.4 is 19.5 Å². The van der Waals surface area contributed by atoms with Crippen LogP contribution in [0.15, 0.2) is 42.6 Å². The van der Waals surface area contributed by atoms with Crippen molar-refractivity contribution in [3.63, 3.8) is 0 Å². The van der Waals surface area contributed by atoms with Crippen LogP contribution in [0.3, 0.4) is 0 Å². The molecule has 39 heavy (non-hydrogen) atoms. The topological polar surface area (TPSA) is 92.9 Å². The zero-order chi connectivity index (χ0) is 27.8. The lowest BCUT2D eigenvalue weighted by Gasteiger charge is -2.34. The minimum atomic E-state index is -0.843. The van der Waals surface area contributed by atoms with E-state index in [0.29, 0.717) is 29.4 Å². The van der Waals surface area contributed by atoms with Crippen LogP contribution in [0.5, 0.6) is 17.2 Å². The highest BCUT2D eigenvalue weighted by Gasteiger charge is 2.34. The number of para-hydroxylation sites is 1. The Hall–Kier alpha value is -3.68. The number of amides is 2. The number of H-pyrrole nitrogens is 1. The lowest BCUT2D eigenvalue weighted by Crippen LogP contribution is -2.47. The zero-order valence-electron chi connectivity index (χ0n) is 23.5. The fourth-order valence-corrected chi connectivity index (χ4v) is 5.53. The van der Waals surface area contributed by atoms with Gasteiger partial charge in [0.2, 0.25) is 17.6 Å². The highest BCUT2D eigenvalue weighted by atomic mass is 16.5. The lowest BCUT2D eigenvalue weighted by atomic mass is 9.94. The van der Waals surface area contributed by atoms with Crippen LogP contribution in [0.4, 0.5) is 0 Å². The number of methoxy groups -OCH3 is 3. The second kappa shape index (κ2) is 13.4. The van der Waals surface area contributed by atoms with E-state index in [1.807, 2.05) is 30.5 Å². The Labute approximate surface area is 231 Å². The van der Waals surface area contributed by atoms with Crippen LogP contribution >= 0.6 is 0 Å². The third-order valence-electron chi connectivity index (χ3n) is 7.60. The van der Waals surface area contributed by atoms with Gasteiger partial charge in [0.25, 0.3) is 0 Å². The van der Waals surface area contributed by atoms with Crippen molar-refractivity contribution in [2.24, 2.45) is 0 Å². The number of hydrogen-bond acceptors (Lipinski definition) is 5. The fourth-order valence-electron chi connectivity index (χ4n) is 5.53. The van der Waals surface area contributed by atoms with E-state index >= 15 is 0 Å². The first-order valence-electron chi connectivity index (χ1n) is 13.9. The molecule has 0 radical (unpaired) electrons. The Balaban J connectivity index is 1.75. The van der Waals surface area contributed by atoms with Crippen molar-refractivity contribution >= 4 is 22.7 Å². The van der Waals surface area contributed by atoms with Gasteiger partial charge in [-0.15, -0.1) is 0 Å². The van der Waals surface area contributed by atoms with Gasteiger partial charge < -0.3 is 29.4 Å². The largest absolute Gasteiger partial charge is 0.493 e. The van der Waals surface area contributed by atoms with Gasteiger partial charge >= 0.3 is 0 Å². The van der Waals surface area contributed by atoms with E-state index in [0.717, 1.165) is 55.0 Å². The van der Waals surface area contributed by atoms with Gasteiger partial charge in [0.15, 0.2) is 11.5 Å². The number of aromatic nitrogens is 1. The van der Waals surface area contributed by atoms with E-state index in [1.54, 1.807) is 38.4 Å². The number of benzene rings is 2. The van der Waals surface area contributed by atoms with Crippen molar-refractivity contribution in [2.75, 3.05) is 27.9 Å². The van der Waals surface area contributed by atoms with Gasteiger partial charge in [-0.2, -0.15) is 0 Å². The smallest absolute Gasteiger partial charge is 0.247 e. The molecule has 0 spiro atoms.